The van der Waals surface area contributed by atoms with E-state index in [4.69, 9.17) is 16.3 Å². The topological polar surface area (TPSA) is 64.9 Å². The number of nitrogens with zero attached hydrogens (tertiary/aromatic N) is 4. The fourth-order valence-electron chi connectivity index (χ4n) is 1.78. The molecule has 0 radical (unpaired) electrons. The summed E-state index contributed by atoms with van der Waals surface area (Å²) >= 11 is 5.99. The molecule has 0 fully saturated rings. The molecule has 2 heterocycles. The lowest BCUT2D eigenvalue weighted by Crippen LogP contribution is -2.23. The predicted molar refractivity (Wildman–Crippen MR) is 77.7 cm³/mol. The van der Waals surface area contributed by atoms with Crippen LogP contribution in [0.3, 0.4) is 0 Å². The van der Waals surface area contributed by atoms with Crippen LogP contribution in [-0.4, -0.2) is 32.4 Å². The van der Waals surface area contributed by atoms with Gasteiger partial charge in [0.25, 0.3) is 0 Å². The van der Waals surface area contributed by atoms with E-state index in [2.05, 4.69) is 27.3 Å². The maximum atomic E-state index is 5.99. The second kappa shape index (κ2) is 7.21. The fraction of sp³-hybridized carbons (Fsp3) is 0.462. The van der Waals surface area contributed by atoms with Gasteiger partial charge in [-0.1, -0.05) is 11.6 Å². The summed E-state index contributed by atoms with van der Waals surface area (Å²) in [5.74, 6) is 1.27. The van der Waals surface area contributed by atoms with Crippen LogP contribution < -0.4 is 5.32 Å². The molecule has 2 rings (SSSR count). The zero-order valence-electron chi connectivity index (χ0n) is 11.6. The second-order valence-corrected chi connectivity index (χ2v) is 4.79. The van der Waals surface area contributed by atoms with Crippen LogP contribution in [0.1, 0.15) is 19.7 Å². The number of ether oxygens (including phenoxy) is 1. The molecular formula is C13H18ClN5O. The van der Waals surface area contributed by atoms with Crippen molar-refractivity contribution in [1.82, 2.24) is 19.7 Å². The summed E-state index contributed by atoms with van der Waals surface area (Å²) in [5, 5.41) is 7.86. The van der Waals surface area contributed by atoms with Crippen LogP contribution in [0.5, 0.6) is 0 Å². The number of hydrogen-bond donors (Lipinski definition) is 1. The van der Waals surface area contributed by atoms with Crippen molar-refractivity contribution in [3.05, 3.63) is 35.5 Å². The summed E-state index contributed by atoms with van der Waals surface area (Å²) in [7, 11) is 0. The molecule has 0 aliphatic carbocycles. The van der Waals surface area contributed by atoms with Crippen LogP contribution in [0, 0.1) is 0 Å². The second-order valence-electron chi connectivity index (χ2n) is 4.40. The average Bonchev–Trinajstić information content (AvgIpc) is 2.88. The van der Waals surface area contributed by atoms with Gasteiger partial charge in [0.1, 0.15) is 17.6 Å². The molecule has 0 saturated carbocycles. The molecule has 7 heteroatoms. The molecule has 2 aromatic heterocycles. The molecule has 0 bridgehead atoms. The van der Waals surface area contributed by atoms with E-state index in [1.165, 1.54) is 0 Å². The average molecular weight is 296 g/mol. The minimum atomic E-state index is 0.167. The summed E-state index contributed by atoms with van der Waals surface area (Å²) in [6.45, 7) is 5.71. The SMILES string of the molecule is CCOCc1nc(Cl)cc(NC(C)Cn2cccn2)n1. The third-order valence-corrected chi connectivity index (χ3v) is 2.78. The number of halogens is 1. The van der Waals surface area contributed by atoms with Gasteiger partial charge in [0.05, 0.1) is 6.54 Å². The Labute approximate surface area is 123 Å². The molecule has 0 aliphatic rings. The summed E-state index contributed by atoms with van der Waals surface area (Å²) in [6.07, 6.45) is 3.68. The Morgan fingerprint density at radius 3 is 3.00 bits per heavy atom. The van der Waals surface area contributed by atoms with Gasteiger partial charge in [0, 0.05) is 31.1 Å². The smallest absolute Gasteiger partial charge is 0.158 e. The van der Waals surface area contributed by atoms with E-state index in [0.29, 0.717) is 30.0 Å². The van der Waals surface area contributed by atoms with Gasteiger partial charge in [0.2, 0.25) is 0 Å². The highest BCUT2D eigenvalue weighted by Crippen LogP contribution is 2.13. The molecule has 0 aromatic carbocycles. The third kappa shape index (κ3) is 4.47. The largest absolute Gasteiger partial charge is 0.374 e. The quantitative estimate of drug-likeness (QED) is 0.794. The minimum absolute atomic E-state index is 0.167. The van der Waals surface area contributed by atoms with E-state index >= 15 is 0 Å². The summed E-state index contributed by atoms with van der Waals surface area (Å²) < 4.78 is 7.16. The van der Waals surface area contributed by atoms with Gasteiger partial charge in [-0.2, -0.15) is 5.10 Å². The lowest BCUT2D eigenvalue weighted by molar-refractivity contribution is 0.128. The molecule has 6 nitrogen and oxygen atoms in total. The Morgan fingerprint density at radius 2 is 2.30 bits per heavy atom. The van der Waals surface area contributed by atoms with Crippen LogP contribution in [0.4, 0.5) is 5.82 Å². The van der Waals surface area contributed by atoms with Crippen LogP contribution in [-0.2, 0) is 17.9 Å². The maximum Gasteiger partial charge on any atom is 0.158 e. The maximum absolute atomic E-state index is 5.99. The van der Waals surface area contributed by atoms with E-state index < -0.39 is 0 Å². The molecule has 0 amide bonds. The van der Waals surface area contributed by atoms with Crippen LogP contribution in [0.25, 0.3) is 0 Å². The van der Waals surface area contributed by atoms with Crippen molar-refractivity contribution in [2.75, 3.05) is 11.9 Å². The number of aromatic nitrogens is 4. The Hall–Kier alpha value is -1.66. The predicted octanol–water partition coefficient (Wildman–Crippen LogP) is 2.36. The first-order valence-electron chi connectivity index (χ1n) is 6.52. The lowest BCUT2D eigenvalue weighted by atomic mass is 10.3. The van der Waals surface area contributed by atoms with E-state index in [1.54, 1.807) is 12.3 Å². The van der Waals surface area contributed by atoms with Gasteiger partial charge in [-0.15, -0.1) is 0 Å². The highest BCUT2D eigenvalue weighted by Gasteiger charge is 2.07. The molecule has 0 aliphatic heterocycles. The van der Waals surface area contributed by atoms with Crippen LogP contribution in [0.15, 0.2) is 24.5 Å². The zero-order valence-corrected chi connectivity index (χ0v) is 12.3. The third-order valence-electron chi connectivity index (χ3n) is 2.59. The van der Waals surface area contributed by atoms with E-state index in [0.717, 1.165) is 6.54 Å². The van der Waals surface area contributed by atoms with E-state index in [1.807, 2.05) is 23.9 Å². The number of rotatable bonds is 7. The summed E-state index contributed by atoms with van der Waals surface area (Å²) in [6, 6.07) is 3.77. The minimum Gasteiger partial charge on any atom is -0.374 e. The van der Waals surface area contributed by atoms with Gasteiger partial charge < -0.3 is 10.1 Å². The Morgan fingerprint density at radius 1 is 1.45 bits per heavy atom. The standard InChI is InChI=1S/C13H18ClN5O/c1-3-20-9-13-17-11(14)7-12(18-13)16-10(2)8-19-6-4-5-15-19/h4-7,10H,3,8-9H2,1-2H3,(H,16,17,18). The van der Waals surface area contributed by atoms with Crippen molar-refractivity contribution < 1.29 is 4.74 Å². The first kappa shape index (κ1) is 14.7. The number of nitrogens with one attached hydrogen (secondary N) is 1. The zero-order chi connectivity index (χ0) is 14.4. The first-order valence-corrected chi connectivity index (χ1v) is 6.90. The summed E-state index contributed by atoms with van der Waals surface area (Å²) in [4.78, 5) is 8.51. The van der Waals surface area contributed by atoms with Gasteiger partial charge >= 0.3 is 0 Å². The molecule has 0 spiro atoms. The molecule has 2 aromatic rings. The van der Waals surface area contributed by atoms with Crippen molar-refractivity contribution >= 4 is 17.4 Å². The fourth-order valence-corrected chi connectivity index (χ4v) is 1.98. The first-order chi connectivity index (χ1) is 9.67. The highest BCUT2D eigenvalue weighted by molar-refractivity contribution is 6.29. The van der Waals surface area contributed by atoms with Crippen molar-refractivity contribution in [3.63, 3.8) is 0 Å². The number of anilines is 1. The Bertz CT molecular complexity index is 532. The van der Waals surface area contributed by atoms with Gasteiger partial charge in [0.15, 0.2) is 5.82 Å². The molecule has 1 atom stereocenters. The summed E-state index contributed by atoms with van der Waals surface area (Å²) in [5.41, 5.74) is 0. The normalized spacial score (nSPS) is 12.3. The molecule has 1 unspecified atom stereocenters. The van der Waals surface area contributed by atoms with Gasteiger partial charge in [-0.05, 0) is 19.9 Å². The van der Waals surface area contributed by atoms with E-state index in [-0.39, 0.29) is 6.04 Å². The molecule has 0 saturated heterocycles. The van der Waals surface area contributed by atoms with Gasteiger partial charge in [-0.25, -0.2) is 9.97 Å². The van der Waals surface area contributed by atoms with Crippen molar-refractivity contribution in [3.8, 4) is 0 Å². The van der Waals surface area contributed by atoms with Crippen molar-refractivity contribution in [2.24, 2.45) is 0 Å². The lowest BCUT2D eigenvalue weighted by Gasteiger charge is -2.15. The molecule has 20 heavy (non-hydrogen) atoms. The molecular weight excluding hydrogens is 278 g/mol. The molecule has 1 N–H and O–H groups in total. The van der Waals surface area contributed by atoms with Crippen LogP contribution in [0.2, 0.25) is 5.15 Å². The molecule has 108 valence electrons. The Kier molecular flexibility index (Phi) is 5.31. The van der Waals surface area contributed by atoms with Crippen LogP contribution >= 0.6 is 11.6 Å². The highest BCUT2D eigenvalue weighted by atomic mass is 35.5. The number of hydrogen-bond acceptors (Lipinski definition) is 5. The monoisotopic (exact) mass is 295 g/mol. The van der Waals surface area contributed by atoms with Crippen molar-refractivity contribution in [2.45, 2.75) is 33.0 Å². The van der Waals surface area contributed by atoms with E-state index in [9.17, 15) is 0 Å². The Balaban J connectivity index is 1.98. The van der Waals surface area contributed by atoms with Crippen molar-refractivity contribution in [1.29, 1.82) is 0 Å². The van der Waals surface area contributed by atoms with Gasteiger partial charge in [-0.3, -0.25) is 4.68 Å².